The highest BCUT2D eigenvalue weighted by Gasteiger charge is 2.14. The molecular weight excluding hydrogens is 332 g/mol. The number of rotatable bonds is 4. The van der Waals surface area contributed by atoms with Crippen LogP contribution in [-0.4, -0.2) is 38.9 Å². The molecule has 1 amide bonds. The molecule has 7 nitrogen and oxygen atoms in total. The molecule has 0 saturated heterocycles. The van der Waals surface area contributed by atoms with Crippen molar-refractivity contribution in [2.75, 3.05) is 13.2 Å². The van der Waals surface area contributed by atoms with E-state index in [4.69, 9.17) is 5.11 Å². The minimum absolute atomic E-state index is 0.127. The SMILES string of the molecule is O=C(NCCO)c1ccc2ncc3c(=O)n(-c4ccccc4)[nH]c3c2c1. The number of pyridine rings is 1. The number of benzene rings is 2. The Kier molecular flexibility index (Phi) is 3.98. The molecule has 0 aliphatic carbocycles. The van der Waals surface area contributed by atoms with E-state index in [2.05, 4.69) is 15.4 Å². The Hall–Kier alpha value is -3.45. The molecule has 0 fully saturated rings. The fourth-order valence-electron chi connectivity index (χ4n) is 2.93. The van der Waals surface area contributed by atoms with Crippen LogP contribution >= 0.6 is 0 Å². The minimum Gasteiger partial charge on any atom is -0.395 e. The minimum atomic E-state index is -0.289. The number of carbonyl (C=O) groups is 1. The average Bonchev–Trinajstić information content (AvgIpc) is 3.03. The summed E-state index contributed by atoms with van der Waals surface area (Å²) in [5.41, 5.74) is 2.27. The molecule has 4 aromatic rings. The van der Waals surface area contributed by atoms with Gasteiger partial charge in [-0.05, 0) is 30.3 Å². The molecule has 0 spiro atoms. The van der Waals surface area contributed by atoms with Gasteiger partial charge in [-0.2, -0.15) is 0 Å². The first kappa shape index (κ1) is 16.0. The zero-order valence-electron chi connectivity index (χ0n) is 13.8. The molecule has 0 radical (unpaired) electrons. The van der Waals surface area contributed by atoms with E-state index in [0.717, 1.165) is 5.69 Å². The molecule has 7 heteroatoms. The molecule has 2 heterocycles. The largest absolute Gasteiger partial charge is 0.395 e. The van der Waals surface area contributed by atoms with E-state index in [-0.39, 0.29) is 24.6 Å². The predicted molar refractivity (Wildman–Crippen MR) is 98.6 cm³/mol. The molecule has 2 aromatic carbocycles. The summed E-state index contributed by atoms with van der Waals surface area (Å²) in [6, 6.07) is 14.4. The van der Waals surface area contributed by atoms with Crippen molar-refractivity contribution in [1.29, 1.82) is 0 Å². The highest BCUT2D eigenvalue weighted by atomic mass is 16.3. The lowest BCUT2D eigenvalue weighted by Gasteiger charge is -2.05. The van der Waals surface area contributed by atoms with Crippen LogP contribution in [0.2, 0.25) is 0 Å². The molecule has 0 saturated carbocycles. The Balaban J connectivity index is 1.91. The molecular formula is C19H16N4O3. The van der Waals surface area contributed by atoms with Crippen LogP contribution in [0.3, 0.4) is 0 Å². The zero-order chi connectivity index (χ0) is 18.1. The Bertz CT molecular complexity index is 1160. The maximum absolute atomic E-state index is 12.7. The number of fused-ring (bicyclic) bond motifs is 3. The van der Waals surface area contributed by atoms with Gasteiger partial charge in [0.2, 0.25) is 0 Å². The van der Waals surface area contributed by atoms with Crippen LogP contribution in [0.4, 0.5) is 0 Å². The number of nitrogens with zero attached hydrogens (tertiary/aromatic N) is 2. The highest BCUT2D eigenvalue weighted by molar-refractivity contribution is 6.06. The standard InChI is InChI=1S/C19H16N4O3/c24-9-8-20-18(25)12-6-7-16-14(10-12)17-15(11-21-16)19(26)23(22-17)13-4-2-1-3-5-13/h1-7,10-11,22,24H,8-9H2,(H,20,25). The van der Waals surface area contributed by atoms with Gasteiger partial charge in [0.1, 0.15) is 0 Å². The van der Waals surface area contributed by atoms with Gasteiger partial charge < -0.3 is 10.4 Å². The van der Waals surface area contributed by atoms with E-state index in [1.807, 2.05) is 30.3 Å². The van der Waals surface area contributed by atoms with Crippen molar-refractivity contribution in [2.45, 2.75) is 0 Å². The average molecular weight is 348 g/mol. The number of amides is 1. The van der Waals surface area contributed by atoms with Crippen LogP contribution in [0, 0.1) is 0 Å². The number of H-pyrrole nitrogens is 1. The van der Waals surface area contributed by atoms with Crippen LogP contribution in [0.15, 0.2) is 59.5 Å². The Labute approximate surface area is 147 Å². The Morgan fingerprint density at radius 2 is 1.96 bits per heavy atom. The van der Waals surface area contributed by atoms with Crippen molar-refractivity contribution in [3.05, 3.63) is 70.6 Å². The molecule has 0 unspecified atom stereocenters. The van der Waals surface area contributed by atoms with Gasteiger partial charge in [-0.15, -0.1) is 0 Å². The van der Waals surface area contributed by atoms with E-state index in [1.54, 1.807) is 24.4 Å². The topological polar surface area (TPSA) is 100 Å². The maximum Gasteiger partial charge on any atom is 0.280 e. The number of aliphatic hydroxyl groups excluding tert-OH is 1. The second kappa shape index (κ2) is 6.45. The van der Waals surface area contributed by atoms with Crippen molar-refractivity contribution in [1.82, 2.24) is 20.1 Å². The second-order valence-electron chi connectivity index (χ2n) is 5.85. The molecule has 26 heavy (non-hydrogen) atoms. The number of aromatic amines is 1. The first-order valence-corrected chi connectivity index (χ1v) is 8.17. The monoisotopic (exact) mass is 348 g/mol. The summed E-state index contributed by atoms with van der Waals surface area (Å²) in [5, 5.41) is 15.7. The molecule has 4 rings (SSSR count). The Morgan fingerprint density at radius 1 is 1.15 bits per heavy atom. The van der Waals surface area contributed by atoms with E-state index in [9.17, 15) is 9.59 Å². The summed E-state index contributed by atoms with van der Waals surface area (Å²) in [6.45, 7) is 0.0545. The van der Waals surface area contributed by atoms with Gasteiger partial charge in [-0.3, -0.25) is 19.7 Å². The third kappa shape index (κ3) is 2.64. The smallest absolute Gasteiger partial charge is 0.280 e. The number of nitrogens with one attached hydrogen (secondary N) is 2. The molecule has 0 aliphatic heterocycles. The summed E-state index contributed by atoms with van der Waals surface area (Å²) in [4.78, 5) is 29.2. The summed E-state index contributed by atoms with van der Waals surface area (Å²) >= 11 is 0. The van der Waals surface area contributed by atoms with Gasteiger partial charge in [0.05, 0.1) is 28.7 Å². The third-order valence-electron chi connectivity index (χ3n) is 4.20. The van der Waals surface area contributed by atoms with E-state index >= 15 is 0 Å². The highest BCUT2D eigenvalue weighted by Crippen LogP contribution is 2.22. The molecule has 0 bridgehead atoms. The zero-order valence-corrected chi connectivity index (χ0v) is 13.8. The second-order valence-corrected chi connectivity index (χ2v) is 5.85. The summed E-state index contributed by atoms with van der Waals surface area (Å²) < 4.78 is 1.46. The van der Waals surface area contributed by atoms with Gasteiger partial charge >= 0.3 is 0 Å². The summed E-state index contributed by atoms with van der Waals surface area (Å²) in [6.07, 6.45) is 1.54. The third-order valence-corrected chi connectivity index (χ3v) is 4.20. The lowest BCUT2D eigenvalue weighted by molar-refractivity contribution is 0.0945. The van der Waals surface area contributed by atoms with Gasteiger partial charge in [-0.25, -0.2) is 4.68 Å². The number of hydrogen-bond donors (Lipinski definition) is 3. The van der Waals surface area contributed by atoms with Crippen LogP contribution < -0.4 is 10.9 Å². The molecule has 2 aromatic heterocycles. The molecule has 3 N–H and O–H groups in total. The van der Waals surface area contributed by atoms with Crippen LogP contribution in [-0.2, 0) is 0 Å². The van der Waals surface area contributed by atoms with Crippen molar-refractivity contribution >= 4 is 27.7 Å². The predicted octanol–water partition coefficient (Wildman–Crippen LogP) is 1.59. The van der Waals surface area contributed by atoms with Crippen molar-refractivity contribution < 1.29 is 9.90 Å². The lowest BCUT2D eigenvalue weighted by Crippen LogP contribution is -2.26. The number of aromatic nitrogens is 3. The number of aliphatic hydroxyl groups is 1. The van der Waals surface area contributed by atoms with Crippen molar-refractivity contribution in [3.8, 4) is 5.69 Å². The lowest BCUT2D eigenvalue weighted by atomic mass is 10.1. The van der Waals surface area contributed by atoms with Gasteiger partial charge in [0.15, 0.2) is 0 Å². The van der Waals surface area contributed by atoms with Crippen molar-refractivity contribution in [3.63, 3.8) is 0 Å². The van der Waals surface area contributed by atoms with Crippen LogP contribution in [0.25, 0.3) is 27.5 Å². The molecule has 130 valence electrons. The fraction of sp³-hybridized carbons (Fsp3) is 0.105. The first-order chi connectivity index (χ1) is 12.7. The van der Waals surface area contributed by atoms with Crippen LogP contribution in [0.5, 0.6) is 0 Å². The van der Waals surface area contributed by atoms with Gasteiger partial charge in [0, 0.05) is 23.7 Å². The van der Waals surface area contributed by atoms with E-state index in [0.29, 0.717) is 27.4 Å². The maximum atomic E-state index is 12.7. The molecule has 0 atom stereocenters. The number of hydrogen-bond acceptors (Lipinski definition) is 4. The van der Waals surface area contributed by atoms with Gasteiger partial charge in [0.25, 0.3) is 11.5 Å². The quantitative estimate of drug-likeness (QED) is 0.521. The molecule has 0 aliphatic rings. The Morgan fingerprint density at radius 3 is 2.73 bits per heavy atom. The normalized spacial score (nSPS) is 11.1. The van der Waals surface area contributed by atoms with E-state index < -0.39 is 0 Å². The fourth-order valence-corrected chi connectivity index (χ4v) is 2.93. The first-order valence-electron chi connectivity index (χ1n) is 8.17. The number of carbonyl (C=O) groups excluding carboxylic acids is 1. The van der Waals surface area contributed by atoms with Gasteiger partial charge in [-0.1, -0.05) is 18.2 Å². The van der Waals surface area contributed by atoms with Crippen LogP contribution in [0.1, 0.15) is 10.4 Å². The summed E-state index contributed by atoms with van der Waals surface area (Å²) in [5.74, 6) is -0.289. The number of para-hydroxylation sites is 1. The summed E-state index contributed by atoms with van der Waals surface area (Å²) in [7, 11) is 0. The van der Waals surface area contributed by atoms with Crippen molar-refractivity contribution in [2.24, 2.45) is 0 Å². The van der Waals surface area contributed by atoms with E-state index in [1.165, 1.54) is 4.68 Å².